The second kappa shape index (κ2) is 23.8. The summed E-state index contributed by atoms with van der Waals surface area (Å²) in [7, 11) is 6.86. The number of likely N-dealkylation sites (tertiary alicyclic amines) is 1. The van der Waals surface area contributed by atoms with E-state index in [-0.39, 0.29) is 59.9 Å². The zero-order valence-electron chi connectivity index (χ0n) is 38.2. The monoisotopic (exact) mass is 862 g/mol. The fourth-order valence-corrected chi connectivity index (χ4v) is 9.61. The number of amides is 4. The molecule has 9 unspecified atom stereocenters. The van der Waals surface area contributed by atoms with Crippen molar-refractivity contribution in [2.24, 2.45) is 23.7 Å². The smallest absolute Gasteiger partial charge is 0.245 e. The third-order valence-corrected chi connectivity index (χ3v) is 13.3. The molecule has 61 heavy (non-hydrogen) atoms. The van der Waals surface area contributed by atoms with Crippen molar-refractivity contribution in [2.45, 2.75) is 130 Å². The molecule has 1 aromatic carbocycles. The summed E-state index contributed by atoms with van der Waals surface area (Å²) in [5, 5.41) is 9.10. The van der Waals surface area contributed by atoms with Crippen molar-refractivity contribution in [1.29, 1.82) is 0 Å². The number of carbonyl (C=O) groups is 4. The Balaban J connectivity index is 1.48. The topological polar surface area (TPSA) is 146 Å². The summed E-state index contributed by atoms with van der Waals surface area (Å²) in [6.07, 6.45) is 6.87. The van der Waals surface area contributed by atoms with Gasteiger partial charge in [-0.15, -0.1) is 11.3 Å². The summed E-state index contributed by atoms with van der Waals surface area (Å²) in [6, 6.07) is 11.5. The first-order valence-electron chi connectivity index (χ1n) is 21.9. The maximum absolute atomic E-state index is 14.6. The minimum Gasteiger partial charge on any atom is -0.379 e. The van der Waals surface area contributed by atoms with E-state index < -0.39 is 36.3 Å². The number of hydrogen-bond donors (Lipinski definition) is 2. The highest BCUT2D eigenvalue weighted by Gasteiger charge is 2.43. The Labute approximate surface area is 368 Å². The third kappa shape index (κ3) is 13.1. The summed E-state index contributed by atoms with van der Waals surface area (Å²) < 4.78 is 12.2. The van der Waals surface area contributed by atoms with E-state index in [1.54, 1.807) is 44.8 Å². The Morgan fingerprint density at radius 1 is 0.885 bits per heavy atom. The number of aromatic nitrogens is 2. The molecule has 0 spiro atoms. The van der Waals surface area contributed by atoms with Crippen molar-refractivity contribution in [3.8, 4) is 0 Å². The lowest BCUT2D eigenvalue weighted by Gasteiger charge is -2.41. The molecule has 1 aliphatic rings. The van der Waals surface area contributed by atoms with E-state index in [1.807, 2.05) is 99.3 Å². The molecule has 0 bridgehead atoms. The predicted octanol–water partition coefficient (Wildman–Crippen LogP) is 6.16. The lowest BCUT2D eigenvalue weighted by molar-refractivity contribution is -0.148. The number of benzene rings is 1. The van der Waals surface area contributed by atoms with Gasteiger partial charge >= 0.3 is 0 Å². The van der Waals surface area contributed by atoms with Crippen molar-refractivity contribution in [2.75, 3.05) is 34.9 Å². The highest BCUT2D eigenvalue weighted by molar-refractivity contribution is 7.09. The van der Waals surface area contributed by atoms with E-state index in [9.17, 15) is 19.2 Å². The second-order valence-corrected chi connectivity index (χ2v) is 18.3. The molecule has 1 fully saturated rings. The SMILES string of the molecule is CCC(C)C(C(CC(=O)N1CCCC1C(OC)C(C)C(=O)NC(Cc1ccccc1)c1nccs1)OC)N(C)C(=O)C(NC(=O)C(C(C)C)N(C)Cc1ccncc1)C(C)C. The first-order valence-corrected chi connectivity index (χ1v) is 22.8. The van der Waals surface area contributed by atoms with Crippen LogP contribution < -0.4 is 10.6 Å². The molecule has 0 aliphatic carbocycles. The van der Waals surface area contributed by atoms with Gasteiger partial charge in [-0.25, -0.2) is 4.98 Å². The van der Waals surface area contributed by atoms with E-state index in [2.05, 4.69) is 34.4 Å². The van der Waals surface area contributed by atoms with Gasteiger partial charge in [0.05, 0.1) is 48.7 Å². The lowest BCUT2D eigenvalue weighted by Crippen LogP contribution is -2.60. The number of pyridine rings is 1. The van der Waals surface area contributed by atoms with Crippen LogP contribution in [0.15, 0.2) is 66.4 Å². The Bertz CT molecular complexity index is 1800. The van der Waals surface area contributed by atoms with Crippen molar-refractivity contribution in [3.63, 3.8) is 0 Å². The number of hydrogen-bond acceptors (Lipinski definition) is 10. The number of thiazole rings is 1. The Morgan fingerprint density at radius 2 is 1.57 bits per heavy atom. The number of methoxy groups -OCH3 is 2. The Morgan fingerprint density at radius 3 is 2.15 bits per heavy atom. The van der Waals surface area contributed by atoms with Crippen LogP contribution in [0.25, 0.3) is 0 Å². The third-order valence-electron chi connectivity index (χ3n) is 12.4. The molecule has 336 valence electrons. The summed E-state index contributed by atoms with van der Waals surface area (Å²) >= 11 is 1.50. The van der Waals surface area contributed by atoms with E-state index in [4.69, 9.17) is 9.47 Å². The van der Waals surface area contributed by atoms with Gasteiger partial charge in [0.25, 0.3) is 0 Å². The van der Waals surface area contributed by atoms with Gasteiger partial charge in [0.1, 0.15) is 11.0 Å². The average Bonchev–Trinajstić information content (AvgIpc) is 3.96. The van der Waals surface area contributed by atoms with E-state index in [0.717, 1.165) is 29.0 Å². The van der Waals surface area contributed by atoms with Crippen LogP contribution in [0.2, 0.25) is 0 Å². The minimum atomic E-state index is -0.797. The van der Waals surface area contributed by atoms with Gasteiger partial charge in [0.15, 0.2) is 0 Å². The molecule has 2 N–H and O–H groups in total. The molecule has 3 aromatic rings. The largest absolute Gasteiger partial charge is 0.379 e. The van der Waals surface area contributed by atoms with Crippen LogP contribution >= 0.6 is 11.3 Å². The van der Waals surface area contributed by atoms with E-state index in [0.29, 0.717) is 25.9 Å². The summed E-state index contributed by atoms with van der Waals surface area (Å²) in [5.74, 6) is -1.55. The maximum Gasteiger partial charge on any atom is 0.245 e. The van der Waals surface area contributed by atoms with Gasteiger partial charge < -0.3 is 29.9 Å². The average molecular weight is 862 g/mol. The molecule has 3 heterocycles. The lowest BCUT2D eigenvalue weighted by atomic mass is 9.89. The van der Waals surface area contributed by atoms with Crippen LogP contribution in [-0.4, -0.2) is 120 Å². The van der Waals surface area contributed by atoms with Gasteiger partial charge in [-0.2, -0.15) is 0 Å². The first kappa shape index (κ1) is 49.4. The van der Waals surface area contributed by atoms with Gasteiger partial charge in [-0.1, -0.05) is 85.2 Å². The fraction of sp³-hybridized carbons (Fsp3) is 0.617. The van der Waals surface area contributed by atoms with Gasteiger partial charge in [-0.05, 0) is 67.3 Å². The normalized spacial score (nSPS) is 18.3. The van der Waals surface area contributed by atoms with Crippen LogP contribution in [0.4, 0.5) is 0 Å². The number of nitrogens with one attached hydrogen (secondary N) is 2. The van der Waals surface area contributed by atoms with Gasteiger partial charge in [0.2, 0.25) is 23.6 Å². The molecule has 4 amide bonds. The molecular formula is C47H71N7O6S. The summed E-state index contributed by atoms with van der Waals surface area (Å²) in [4.78, 5) is 71.1. The molecule has 14 heteroatoms. The highest BCUT2D eigenvalue weighted by atomic mass is 32.1. The number of rotatable bonds is 23. The van der Waals surface area contributed by atoms with Crippen LogP contribution in [0.5, 0.6) is 0 Å². The van der Waals surface area contributed by atoms with Crippen molar-refractivity contribution < 1.29 is 28.7 Å². The number of ether oxygens (including phenoxy) is 2. The Hall–Kier alpha value is -4.24. The molecule has 0 saturated carbocycles. The summed E-state index contributed by atoms with van der Waals surface area (Å²) in [6.45, 7) is 14.9. The molecule has 9 atom stereocenters. The summed E-state index contributed by atoms with van der Waals surface area (Å²) in [5.41, 5.74) is 2.13. The van der Waals surface area contributed by atoms with Crippen molar-refractivity contribution in [1.82, 2.24) is 35.3 Å². The molecular weight excluding hydrogens is 791 g/mol. The van der Waals surface area contributed by atoms with Crippen LogP contribution in [0.1, 0.15) is 96.3 Å². The molecule has 2 aromatic heterocycles. The number of nitrogens with zero attached hydrogens (tertiary/aromatic N) is 5. The number of carbonyl (C=O) groups excluding carboxylic acids is 4. The minimum absolute atomic E-state index is 0.0196. The second-order valence-electron chi connectivity index (χ2n) is 17.4. The quantitative estimate of drug-likeness (QED) is 0.115. The predicted molar refractivity (Wildman–Crippen MR) is 240 cm³/mol. The van der Waals surface area contributed by atoms with Crippen LogP contribution in [0.3, 0.4) is 0 Å². The first-order chi connectivity index (χ1) is 29.1. The van der Waals surface area contributed by atoms with E-state index >= 15 is 0 Å². The fourth-order valence-electron chi connectivity index (χ4n) is 8.92. The standard InChI is InChI=1S/C47H71N7O6S/c1-12-32(6)42(53(9)47(58)40(30(2)3)51-45(57)41(31(4)5)52(8)29-35-20-22-48-23-21-35)38(59-10)28-39(55)54-25-16-19-37(54)43(60-11)33(7)44(56)50-36(46-49-24-26-61-46)27-34-17-14-13-15-18-34/h13-15,17-18,20-24,26,30-33,36-38,40-43H,12,16,19,25,27-29H2,1-11H3,(H,50,56)(H,51,57). The zero-order chi connectivity index (χ0) is 44.8. The number of likely N-dealkylation sites (N-methyl/N-ethyl adjacent to an activating group) is 2. The molecule has 1 aliphatic heterocycles. The maximum atomic E-state index is 14.6. The molecule has 4 rings (SSSR count). The van der Waals surface area contributed by atoms with Crippen molar-refractivity contribution >= 4 is 35.0 Å². The van der Waals surface area contributed by atoms with Crippen molar-refractivity contribution in [3.05, 3.63) is 82.6 Å². The van der Waals surface area contributed by atoms with Crippen LogP contribution in [-0.2, 0) is 41.6 Å². The Kier molecular flexibility index (Phi) is 19.3. The highest BCUT2D eigenvalue weighted by Crippen LogP contribution is 2.31. The van der Waals surface area contributed by atoms with Gasteiger partial charge in [-0.3, -0.25) is 29.1 Å². The van der Waals surface area contributed by atoms with E-state index in [1.165, 1.54) is 11.3 Å². The van der Waals surface area contributed by atoms with Crippen LogP contribution in [0, 0.1) is 23.7 Å². The van der Waals surface area contributed by atoms with Gasteiger partial charge in [0, 0.05) is 58.3 Å². The molecule has 13 nitrogen and oxygen atoms in total. The molecule has 1 saturated heterocycles. The molecule has 0 radical (unpaired) electrons. The zero-order valence-corrected chi connectivity index (χ0v) is 39.1.